The largest absolute Gasteiger partial charge is 0.475 e. The average molecular weight is 246 g/mol. The van der Waals surface area contributed by atoms with Crippen LogP contribution in [0.3, 0.4) is 0 Å². The minimum atomic E-state index is -1.15. The topological polar surface area (TPSA) is 73.6 Å². The number of nitrogens with two attached hydrogens (primary N) is 1. The van der Waals surface area contributed by atoms with Crippen molar-refractivity contribution in [1.29, 1.82) is 0 Å². The number of benzene rings is 1. The number of ether oxygens (including phenoxy) is 2. The van der Waals surface area contributed by atoms with Gasteiger partial charge >= 0.3 is 0 Å². The second-order valence-electron chi connectivity index (χ2n) is 3.15. The summed E-state index contributed by atoms with van der Waals surface area (Å²) in [6.45, 7) is -0.140. The van der Waals surface area contributed by atoms with Gasteiger partial charge in [-0.1, -0.05) is 0 Å². The molecule has 94 valence electrons. The smallest absolute Gasteiger partial charge is 0.277 e. The summed E-state index contributed by atoms with van der Waals surface area (Å²) in [7, 11) is 1.34. The molecule has 0 saturated carbocycles. The Morgan fingerprint density at radius 2 is 2.24 bits per heavy atom. The number of hydrogen-bond donors (Lipinski definition) is 2. The number of carbonyl (C=O) groups is 1. The van der Waals surface area contributed by atoms with Gasteiger partial charge in [0, 0.05) is 13.2 Å². The van der Waals surface area contributed by atoms with Crippen molar-refractivity contribution < 1.29 is 23.0 Å². The monoisotopic (exact) mass is 246 g/mol. The van der Waals surface area contributed by atoms with E-state index in [1.165, 1.54) is 7.11 Å². The van der Waals surface area contributed by atoms with Crippen LogP contribution in [-0.4, -0.2) is 25.7 Å². The number of carbonyl (C=O) groups excluding carboxylic acids is 1. The first kappa shape index (κ1) is 13.3. The summed E-state index contributed by atoms with van der Waals surface area (Å²) < 4.78 is 35.8. The lowest BCUT2D eigenvalue weighted by Gasteiger charge is -2.16. The number of amides is 1. The maximum absolute atomic E-state index is 13.2. The molecule has 0 radical (unpaired) electrons. The average Bonchev–Trinajstić information content (AvgIpc) is 2.32. The zero-order valence-corrected chi connectivity index (χ0v) is 9.07. The Labute approximate surface area is 96.5 Å². The predicted molar refractivity (Wildman–Crippen MR) is 55.0 cm³/mol. The normalized spacial score (nSPS) is 12.0. The van der Waals surface area contributed by atoms with Crippen LogP contribution < -0.4 is 16.0 Å². The first-order chi connectivity index (χ1) is 8.08. The van der Waals surface area contributed by atoms with Crippen molar-refractivity contribution in [3.63, 3.8) is 0 Å². The molecule has 1 aromatic rings. The Morgan fingerprint density at radius 1 is 1.53 bits per heavy atom. The molecule has 1 rings (SSSR count). The lowest BCUT2D eigenvalue weighted by atomic mass is 10.3. The van der Waals surface area contributed by atoms with Gasteiger partial charge in [-0.05, 0) is 12.1 Å². The zero-order chi connectivity index (χ0) is 12.8. The molecule has 0 aliphatic heterocycles. The van der Waals surface area contributed by atoms with Crippen molar-refractivity contribution in [2.75, 3.05) is 13.7 Å². The number of hydrazine groups is 1. The van der Waals surface area contributed by atoms with Gasteiger partial charge in [-0.25, -0.2) is 14.6 Å². The van der Waals surface area contributed by atoms with E-state index in [9.17, 15) is 13.6 Å². The summed E-state index contributed by atoms with van der Waals surface area (Å²) in [4.78, 5) is 11.2. The van der Waals surface area contributed by atoms with Crippen molar-refractivity contribution in [3.8, 4) is 5.75 Å². The molecular formula is C10H12F2N2O3. The van der Waals surface area contributed by atoms with Gasteiger partial charge in [0.1, 0.15) is 5.82 Å². The van der Waals surface area contributed by atoms with Gasteiger partial charge < -0.3 is 9.47 Å². The van der Waals surface area contributed by atoms with Crippen LogP contribution in [0.4, 0.5) is 8.78 Å². The third-order valence-corrected chi connectivity index (χ3v) is 1.92. The molecule has 1 unspecified atom stereocenters. The molecule has 7 heteroatoms. The number of rotatable bonds is 5. The summed E-state index contributed by atoms with van der Waals surface area (Å²) in [6, 6.07) is 2.67. The number of hydrogen-bond acceptors (Lipinski definition) is 4. The van der Waals surface area contributed by atoms with Gasteiger partial charge in [-0.2, -0.15) is 0 Å². The van der Waals surface area contributed by atoms with E-state index in [1.54, 1.807) is 0 Å². The van der Waals surface area contributed by atoms with Gasteiger partial charge in [-0.15, -0.1) is 0 Å². The second-order valence-corrected chi connectivity index (χ2v) is 3.15. The summed E-state index contributed by atoms with van der Waals surface area (Å²) in [6.07, 6.45) is -1.15. The first-order valence-corrected chi connectivity index (χ1v) is 4.69. The summed E-state index contributed by atoms with van der Waals surface area (Å²) in [5.41, 5.74) is 1.84. The highest BCUT2D eigenvalue weighted by Crippen LogP contribution is 2.19. The first-order valence-electron chi connectivity index (χ1n) is 4.69. The maximum atomic E-state index is 13.2. The van der Waals surface area contributed by atoms with Crippen LogP contribution >= 0.6 is 0 Å². The van der Waals surface area contributed by atoms with Gasteiger partial charge in [0.25, 0.3) is 5.91 Å². The molecule has 0 aliphatic rings. The third kappa shape index (κ3) is 3.65. The second kappa shape index (κ2) is 6.12. The van der Waals surface area contributed by atoms with E-state index in [0.29, 0.717) is 0 Å². The van der Waals surface area contributed by atoms with Gasteiger partial charge in [0.05, 0.1) is 6.61 Å². The highest BCUT2D eigenvalue weighted by Gasteiger charge is 2.21. The molecule has 0 saturated heterocycles. The molecule has 3 N–H and O–H groups in total. The predicted octanol–water partition coefficient (Wildman–Crippen LogP) is 0.349. The molecule has 1 atom stereocenters. The molecule has 17 heavy (non-hydrogen) atoms. The Morgan fingerprint density at radius 3 is 2.82 bits per heavy atom. The lowest BCUT2D eigenvalue weighted by Crippen LogP contribution is -2.44. The highest BCUT2D eigenvalue weighted by atomic mass is 19.1. The zero-order valence-electron chi connectivity index (χ0n) is 9.07. The number of methoxy groups -OCH3 is 1. The van der Waals surface area contributed by atoms with Crippen molar-refractivity contribution in [2.24, 2.45) is 5.84 Å². The van der Waals surface area contributed by atoms with E-state index in [0.717, 1.165) is 18.2 Å². The van der Waals surface area contributed by atoms with Crippen molar-refractivity contribution >= 4 is 5.91 Å². The molecular weight excluding hydrogens is 234 g/mol. The molecule has 1 amide bonds. The molecule has 0 aliphatic carbocycles. The Hall–Kier alpha value is -1.73. The molecule has 5 nitrogen and oxygen atoms in total. The van der Waals surface area contributed by atoms with Crippen molar-refractivity contribution in [3.05, 3.63) is 29.8 Å². The Kier molecular flexibility index (Phi) is 4.80. The van der Waals surface area contributed by atoms with E-state index in [1.807, 2.05) is 5.43 Å². The molecule has 0 spiro atoms. The van der Waals surface area contributed by atoms with Crippen LogP contribution in [0.1, 0.15) is 0 Å². The fourth-order valence-corrected chi connectivity index (χ4v) is 1.13. The Balaban J connectivity index is 2.85. The van der Waals surface area contributed by atoms with E-state index in [-0.39, 0.29) is 12.4 Å². The molecule has 0 bridgehead atoms. The van der Waals surface area contributed by atoms with Crippen LogP contribution in [0.25, 0.3) is 0 Å². The van der Waals surface area contributed by atoms with Crippen molar-refractivity contribution in [2.45, 2.75) is 6.10 Å². The summed E-state index contributed by atoms with van der Waals surface area (Å²) in [5.74, 6) is 2.39. The van der Waals surface area contributed by atoms with Crippen LogP contribution in [0.15, 0.2) is 18.2 Å². The highest BCUT2D eigenvalue weighted by molar-refractivity contribution is 5.80. The third-order valence-electron chi connectivity index (χ3n) is 1.92. The standard InChI is InChI=1S/C10H12F2N2O3/c1-16-5-9(10(15)14-13)17-8-4-6(11)2-3-7(8)12/h2-4,9H,5,13H2,1H3,(H,14,15). The van der Waals surface area contributed by atoms with Gasteiger partial charge in [0.15, 0.2) is 11.6 Å². The van der Waals surface area contributed by atoms with E-state index < -0.39 is 23.6 Å². The van der Waals surface area contributed by atoms with E-state index >= 15 is 0 Å². The molecule has 1 aromatic carbocycles. The van der Waals surface area contributed by atoms with Gasteiger partial charge in [0.2, 0.25) is 6.10 Å². The fourth-order valence-electron chi connectivity index (χ4n) is 1.13. The minimum Gasteiger partial charge on any atom is -0.475 e. The number of halogens is 2. The fraction of sp³-hybridized carbons (Fsp3) is 0.300. The SMILES string of the molecule is COCC(Oc1cc(F)ccc1F)C(=O)NN. The quantitative estimate of drug-likeness (QED) is 0.446. The summed E-state index contributed by atoms with van der Waals surface area (Å²) >= 11 is 0. The molecule has 0 heterocycles. The minimum absolute atomic E-state index is 0.140. The van der Waals surface area contributed by atoms with Crippen LogP contribution in [-0.2, 0) is 9.53 Å². The maximum Gasteiger partial charge on any atom is 0.277 e. The van der Waals surface area contributed by atoms with E-state index in [4.69, 9.17) is 15.3 Å². The molecule has 0 fully saturated rings. The van der Waals surface area contributed by atoms with Crippen LogP contribution in [0, 0.1) is 11.6 Å². The van der Waals surface area contributed by atoms with Gasteiger partial charge in [-0.3, -0.25) is 10.2 Å². The van der Waals surface area contributed by atoms with Crippen LogP contribution in [0.2, 0.25) is 0 Å². The Bertz CT molecular complexity index is 401. The lowest BCUT2D eigenvalue weighted by molar-refractivity contribution is -0.130. The van der Waals surface area contributed by atoms with Crippen molar-refractivity contribution in [1.82, 2.24) is 5.43 Å². The van der Waals surface area contributed by atoms with E-state index in [2.05, 4.69) is 0 Å². The number of nitrogens with one attached hydrogen (secondary N) is 1. The van der Waals surface area contributed by atoms with Crippen LogP contribution in [0.5, 0.6) is 5.75 Å². The molecule has 0 aromatic heterocycles. The summed E-state index contributed by atoms with van der Waals surface area (Å²) in [5, 5.41) is 0.